The zero-order valence-corrected chi connectivity index (χ0v) is 11.0. The largest absolute Gasteiger partial charge is 0.314 e. The molecule has 1 aliphatic heterocycles. The van der Waals surface area contributed by atoms with E-state index in [-0.39, 0.29) is 0 Å². The van der Waals surface area contributed by atoms with Gasteiger partial charge >= 0.3 is 0 Å². The zero-order valence-electron chi connectivity index (χ0n) is 11.0. The second-order valence-corrected chi connectivity index (χ2v) is 5.09. The van der Waals surface area contributed by atoms with Gasteiger partial charge in [-0.25, -0.2) is 4.68 Å². The van der Waals surface area contributed by atoms with E-state index in [1.54, 1.807) is 0 Å². The Morgan fingerprint density at radius 3 is 2.89 bits per heavy atom. The predicted octanol–water partition coefficient (Wildman–Crippen LogP) is 1.41. The summed E-state index contributed by atoms with van der Waals surface area (Å²) in [5.74, 6) is 0.975. The lowest BCUT2D eigenvalue weighted by molar-refractivity contribution is 0.389. The molecule has 19 heavy (non-hydrogen) atoms. The van der Waals surface area contributed by atoms with E-state index in [0.717, 1.165) is 25.3 Å². The van der Waals surface area contributed by atoms with Crippen molar-refractivity contribution in [2.75, 3.05) is 6.54 Å². The highest BCUT2D eigenvalue weighted by Gasteiger charge is 2.16. The number of aromatic nitrogens is 4. The first kappa shape index (κ1) is 12.3. The second kappa shape index (κ2) is 5.93. The molecule has 0 bridgehead atoms. The minimum atomic E-state index is 0.522. The zero-order chi connectivity index (χ0) is 12.9. The maximum Gasteiger partial charge on any atom is 0.153 e. The third-order valence-electron chi connectivity index (χ3n) is 3.62. The van der Waals surface area contributed by atoms with Crippen molar-refractivity contribution in [3.05, 3.63) is 41.7 Å². The summed E-state index contributed by atoms with van der Waals surface area (Å²) in [5, 5.41) is 15.6. The molecule has 0 radical (unpaired) electrons. The fourth-order valence-corrected chi connectivity index (χ4v) is 2.57. The molecule has 2 aromatic rings. The van der Waals surface area contributed by atoms with Gasteiger partial charge in [0.15, 0.2) is 5.82 Å². The lowest BCUT2D eigenvalue weighted by atomic mass is 10.0. The van der Waals surface area contributed by atoms with Crippen LogP contribution in [-0.4, -0.2) is 32.8 Å². The first-order valence-electron chi connectivity index (χ1n) is 6.94. The highest BCUT2D eigenvalue weighted by molar-refractivity contribution is 5.15. The topological polar surface area (TPSA) is 55.6 Å². The SMILES string of the molecule is c1ccc(Cn2nnnc2CC2CCCCN2)cc1. The molecule has 3 rings (SSSR count). The monoisotopic (exact) mass is 257 g/mol. The molecule has 1 aromatic heterocycles. The minimum Gasteiger partial charge on any atom is -0.314 e. The number of hydrogen-bond acceptors (Lipinski definition) is 4. The van der Waals surface area contributed by atoms with E-state index in [1.165, 1.54) is 24.8 Å². The van der Waals surface area contributed by atoms with Crippen molar-refractivity contribution < 1.29 is 0 Å². The molecule has 1 fully saturated rings. The molecule has 1 saturated heterocycles. The number of nitrogens with one attached hydrogen (secondary N) is 1. The van der Waals surface area contributed by atoms with Gasteiger partial charge in [0.25, 0.3) is 0 Å². The van der Waals surface area contributed by atoms with E-state index in [2.05, 4.69) is 33.0 Å². The molecule has 1 N–H and O–H groups in total. The Bertz CT molecular complexity index is 502. The van der Waals surface area contributed by atoms with E-state index in [4.69, 9.17) is 0 Å². The Balaban J connectivity index is 1.68. The van der Waals surface area contributed by atoms with Crippen LogP contribution in [0.2, 0.25) is 0 Å². The van der Waals surface area contributed by atoms with E-state index >= 15 is 0 Å². The van der Waals surface area contributed by atoms with Gasteiger partial charge in [-0.15, -0.1) is 5.10 Å². The molecule has 1 unspecified atom stereocenters. The van der Waals surface area contributed by atoms with Gasteiger partial charge in [0, 0.05) is 12.5 Å². The van der Waals surface area contributed by atoms with E-state index in [1.807, 2.05) is 22.9 Å². The van der Waals surface area contributed by atoms with Crippen LogP contribution in [0.3, 0.4) is 0 Å². The molecule has 2 heterocycles. The molecule has 5 heteroatoms. The Morgan fingerprint density at radius 2 is 2.11 bits per heavy atom. The van der Waals surface area contributed by atoms with Gasteiger partial charge in [-0.3, -0.25) is 0 Å². The summed E-state index contributed by atoms with van der Waals surface area (Å²) in [7, 11) is 0. The highest BCUT2D eigenvalue weighted by atomic mass is 15.5. The molecule has 5 nitrogen and oxygen atoms in total. The number of piperidine rings is 1. The number of hydrogen-bond donors (Lipinski definition) is 1. The summed E-state index contributed by atoms with van der Waals surface area (Å²) in [6.07, 6.45) is 4.72. The summed E-state index contributed by atoms with van der Waals surface area (Å²) in [5.41, 5.74) is 1.23. The van der Waals surface area contributed by atoms with Crippen molar-refractivity contribution in [3.63, 3.8) is 0 Å². The Labute approximate surface area is 113 Å². The summed E-state index contributed by atoms with van der Waals surface area (Å²) < 4.78 is 1.91. The van der Waals surface area contributed by atoms with Crippen LogP contribution in [0.5, 0.6) is 0 Å². The van der Waals surface area contributed by atoms with Gasteiger partial charge in [-0.2, -0.15) is 0 Å². The fraction of sp³-hybridized carbons (Fsp3) is 0.500. The smallest absolute Gasteiger partial charge is 0.153 e. The average molecular weight is 257 g/mol. The van der Waals surface area contributed by atoms with Crippen LogP contribution in [0.1, 0.15) is 30.7 Å². The number of benzene rings is 1. The lowest BCUT2D eigenvalue weighted by Crippen LogP contribution is -2.36. The molecular weight excluding hydrogens is 238 g/mol. The molecule has 0 saturated carbocycles. The third-order valence-corrected chi connectivity index (χ3v) is 3.62. The van der Waals surface area contributed by atoms with Gasteiger partial charge in [-0.1, -0.05) is 36.8 Å². The molecule has 1 aliphatic rings. The summed E-state index contributed by atoms with van der Waals surface area (Å²) in [6.45, 7) is 1.86. The summed E-state index contributed by atoms with van der Waals surface area (Å²) >= 11 is 0. The van der Waals surface area contributed by atoms with Crippen molar-refractivity contribution in [2.24, 2.45) is 0 Å². The summed E-state index contributed by atoms with van der Waals surface area (Å²) in [6, 6.07) is 10.8. The molecule has 100 valence electrons. The first-order chi connectivity index (χ1) is 9.42. The lowest BCUT2D eigenvalue weighted by Gasteiger charge is -2.22. The first-order valence-corrected chi connectivity index (χ1v) is 6.94. The van der Waals surface area contributed by atoms with Crippen molar-refractivity contribution in [1.29, 1.82) is 0 Å². The average Bonchev–Trinajstić information content (AvgIpc) is 2.88. The van der Waals surface area contributed by atoms with Gasteiger partial charge in [0.2, 0.25) is 0 Å². The van der Waals surface area contributed by atoms with E-state index < -0.39 is 0 Å². The number of tetrazole rings is 1. The molecule has 1 aromatic carbocycles. The molecule has 0 aliphatic carbocycles. The van der Waals surface area contributed by atoms with Crippen LogP contribution in [-0.2, 0) is 13.0 Å². The maximum absolute atomic E-state index is 4.17. The van der Waals surface area contributed by atoms with Crippen molar-refractivity contribution >= 4 is 0 Å². The quantitative estimate of drug-likeness (QED) is 0.899. The third kappa shape index (κ3) is 3.17. The molecule has 1 atom stereocenters. The fourth-order valence-electron chi connectivity index (χ4n) is 2.57. The second-order valence-electron chi connectivity index (χ2n) is 5.09. The van der Waals surface area contributed by atoms with Gasteiger partial charge in [-0.05, 0) is 35.4 Å². The standard InChI is InChI=1S/C14H19N5/c1-2-6-12(7-3-1)11-19-14(16-17-18-19)10-13-8-4-5-9-15-13/h1-3,6-7,13,15H,4-5,8-11H2. The normalized spacial score (nSPS) is 19.5. The van der Waals surface area contributed by atoms with Crippen LogP contribution < -0.4 is 5.32 Å². The Kier molecular flexibility index (Phi) is 3.83. The van der Waals surface area contributed by atoms with E-state index in [9.17, 15) is 0 Å². The van der Waals surface area contributed by atoms with Crippen molar-refractivity contribution in [1.82, 2.24) is 25.5 Å². The van der Waals surface area contributed by atoms with Crippen molar-refractivity contribution in [3.8, 4) is 0 Å². The van der Waals surface area contributed by atoms with Crippen LogP contribution in [0.25, 0.3) is 0 Å². The van der Waals surface area contributed by atoms with Crippen molar-refractivity contribution in [2.45, 2.75) is 38.3 Å². The van der Waals surface area contributed by atoms with Crippen LogP contribution >= 0.6 is 0 Å². The Morgan fingerprint density at radius 1 is 1.21 bits per heavy atom. The van der Waals surface area contributed by atoms with Gasteiger partial charge < -0.3 is 5.32 Å². The molecular formula is C14H19N5. The van der Waals surface area contributed by atoms with Crippen LogP contribution in [0.4, 0.5) is 0 Å². The summed E-state index contributed by atoms with van der Waals surface area (Å²) in [4.78, 5) is 0. The van der Waals surface area contributed by atoms with E-state index in [0.29, 0.717) is 6.04 Å². The van der Waals surface area contributed by atoms with Gasteiger partial charge in [0.05, 0.1) is 6.54 Å². The van der Waals surface area contributed by atoms with Gasteiger partial charge in [0.1, 0.15) is 0 Å². The number of rotatable bonds is 4. The van der Waals surface area contributed by atoms with Crippen LogP contribution in [0.15, 0.2) is 30.3 Å². The molecule has 0 amide bonds. The predicted molar refractivity (Wildman–Crippen MR) is 72.7 cm³/mol. The Hall–Kier alpha value is -1.75. The number of nitrogens with zero attached hydrogens (tertiary/aromatic N) is 4. The maximum atomic E-state index is 4.17. The van der Waals surface area contributed by atoms with Crippen LogP contribution in [0, 0.1) is 0 Å². The molecule has 0 spiro atoms. The highest BCUT2D eigenvalue weighted by Crippen LogP contribution is 2.11. The minimum absolute atomic E-state index is 0.522.